The maximum atomic E-state index is 13.2. The van der Waals surface area contributed by atoms with Crippen molar-refractivity contribution in [3.63, 3.8) is 0 Å². The first-order valence-electron chi connectivity index (χ1n) is 9.15. The molecule has 3 nitrogen and oxygen atoms in total. The third kappa shape index (κ3) is 4.60. The van der Waals surface area contributed by atoms with Gasteiger partial charge in [-0.2, -0.15) is 0 Å². The second kappa shape index (κ2) is 8.55. The van der Waals surface area contributed by atoms with Crippen molar-refractivity contribution in [1.82, 2.24) is 5.32 Å². The molecule has 2 heterocycles. The van der Waals surface area contributed by atoms with Gasteiger partial charge in [0.25, 0.3) is 0 Å². The summed E-state index contributed by atoms with van der Waals surface area (Å²) in [7, 11) is 0. The lowest BCUT2D eigenvalue weighted by atomic mass is 9.84. The molecule has 2 aromatic rings. The van der Waals surface area contributed by atoms with E-state index in [0.29, 0.717) is 17.2 Å². The molecule has 2 aliphatic rings. The molecular formula is C21H24ClF2NO2. The standard InChI is InChI=1S/C21H23F2NO2.ClH/c22-19-6-1-15(11-20(19)23)13-25-18-4-2-16(3-5-18)17-12-21(26-14-17)7-9-24-10-8-21;/h1-6,11,17,24H,7-10,12-14H2;1H/t17-;/m1./s1. The van der Waals surface area contributed by atoms with Crippen LogP contribution in [0, 0.1) is 11.6 Å². The Morgan fingerprint density at radius 1 is 1.04 bits per heavy atom. The minimum absolute atomic E-state index is 0. The quantitative estimate of drug-likeness (QED) is 0.821. The van der Waals surface area contributed by atoms with Gasteiger partial charge in [-0.05, 0) is 67.7 Å². The van der Waals surface area contributed by atoms with Gasteiger partial charge in [-0.25, -0.2) is 8.78 Å². The smallest absolute Gasteiger partial charge is 0.159 e. The Morgan fingerprint density at radius 2 is 1.78 bits per heavy atom. The molecule has 2 saturated heterocycles. The SMILES string of the molecule is Cl.Fc1ccc(COc2ccc([C@H]3COC4(CCNCC4)C3)cc2)cc1F. The van der Waals surface area contributed by atoms with E-state index < -0.39 is 11.6 Å². The van der Waals surface area contributed by atoms with E-state index in [1.807, 2.05) is 12.1 Å². The molecular weight excluding hydrogens is 372 g/mol. The van der Waals surface area contributed by atoms with Gasteiger partial charge in [0, 0.05) is 5.92 Å². The van der Waals surface area contributed by atoms with E-state index in [2.05, 4.69) is 17.4 Å². The number of halogens is 3. The van der Waals surface area contributed by atoms with E-state index in [1.165, 1.54) is 11.6 Å². The molecule has 0 radical (unpaired) electrons. The molecule has 2 fully saturated rings. The fourth-order valence-corrected chi connectivity index (χ4v) is 3.92. The number of hydrogen-bond acceptors (Lipinski definition) is 3. The van der Waals surface area contributed by atoms with Crippen LogP contribution in [0.25, 0.3) is 0 Å². The average molecular weight is 396 g/mol. The molecule has 0 unspecified atom stereocenters. The Balaban J connectivity index is 0.00000210. The van der Waals surface area contributed by atoms with Crippen LogP contribution in [0.3, 0.4) is 0 Å². The Bertz CT molecular complexity index is 763. The van der Waals surface area contributed by atoms with Crippen molar-refractivity contribution in [3.8, 4) is 5.75 Å². The van der Waals surface area contributed by atoms with Crippen molar-refractivity contribution in [2.24, 2.45) is 0 Å². The third-order valence-electron chi connectivity index (χ3n) is 5.46. The topological polar surface area (TPSA) is 30.5 Å². The summed E-state index contributed by atoms with van der Waals surface area (Å²) in [4.78, 5) is 0. The van der Waals surface area contributed by atoms with Gasteiger partial charge in [0.05, 0.1) is 12.2 Å². The number of hydrogen-bond donors (Lipinski definition) is 1. The highest BCUT2D eigenvalue weighted by atomic mass is 35.5. The molecule has 0 aromatic heterocycles. The van der Waals surface area contributed by atoms with E-state index in [9.17, 15) is 8.78 Å². The lowest BCUT2D eigenvalue weighted by Crippen LogP contribution is -2.41. The van der Waals surface area contributed by atoms with Crippen molar-refractivity contribution < 1.29 is 18.3 Å². The van der Waals surface area contributed by atoms with Crippen LogP contribution >= 0.6 is 12.4 Å². The first kappa shape index (κ1) is 20.1. The molecule has 2 aliphatic heterocycles. The minimum Gasteiger partial charge on any atom is -0.489 e. The predicted molar refractivity (Wildman–Crippen MR) is 103 cm³/mol. The largest absolute Gasteiger partial charge is 0.489 e. The van der Waals surface area contributed by atoms with Crippen molar-refractivity contribution in [3.05, 3.63) is 65.2 Å². The second-order valence-electron chi connectivity index (χ2n) is 7.25. The zero-order valence-corrected chi connectivity index (χ0v) is 15.9. The Labute approximate surface area is 164 Å². The van der Waals surface area contributed by atoms with Crippen molar-refractivity contribution in [1.29, 1.82) is 0 Å². The Kier molecular flexibility index (Phi) is 6.35. The molecule has 2 aromatic carbocycles. The zero-order chi connectivity index (χ0) is 18.0. The van der Waals surface area contributed by atoms with E-state index in [0.717, 1.165) is 51.1 Å². The number of benzene rings is 2. The van der Waals surface area contributed by atoms with Gasteiger partial charge in [0.1, 0.15) is 12.4 Å². The maximum Gasteiger partial charge on any atom is 0.159 e. The van der Waals surface area contributed by atoms with E-state index in [-0.39, 0.29) is 24.6 Å². The fourth-order valence-electron chi connectivity index (χ4n) is 3.92. The summed E-state index contributed by atoms with van der Waals surface area (Å²) in [5.74, 6) is -0.555. The molecule has 0 saturated carbocycles. The molecule has 1 atom stereocenters. The molecule has 1 spiro atoms. The summed E-state index contributed by atoms with van der Waals surface area (Å²) in [6.07, 6.45) is 3.24. The molecule has 1 N–H and O–H groups in total. The normalized spacial score (nSPS) is 21.0. The highest BCUT2D eigenvalue weighted by Crippen LogP contribution is 2.41. The van der Waals surface area contributed by atoms with Gasteiger partial charge in [-0.1, -0.05) is 18.2 Å². The summed E-state index contributed by atoms with van der Waals surface area (Å²) in [6.45, 7) is 3.04. The van der Waals surface area contributed by atoms with Gasteiger partial charge >= 0.3 is 0 Å². The summed E-state index contributed by atoms with van der Waals surface area (Å²) in [6, 6.07) is 11.8. The average Bonchev–Trinajstić information content (AvgIpc) is 3.07. The monoisotopic (exact) mass is 395 g/mol. The van der Waals surface area contributed by atoms with Crippen LogP contribution in [0.15, 0.2) is 42.5 Å². The van der Waals surface area contributed by atoms with Crippen molar-refractivity contribution >= 4 is 12.4 Å². The minimum atomic E-state index is -0.852. The number of ether oxygens (including phenoxy) is 2. The lowest BCUT2D eigenvalue weighted by molar-refractivity contribution is -0.0193. The second-order valence-corrected chi connectivity index (χ2v) is 7.25. The lowest BCUT2D eigenvalue weighted by Gasteiger charge is -2.33. The summed E-state index contributed by atoms with van der Waals surface area (Å²) < 4.78 is 38.0. The van der Waals surface area contributed by atoms with Crippen LogP contribution in [-0.2, 0) is 11.3 Å². The highest BCUT2D eigenvalue weighted by Gasteiger charge is 2.41. The third-order valence-corrected chi connectivity index (χ3v) is 5.46. The van der Waals surface area contributed by atoms with E-state index in [1.54, 1.807) is 0 Å². The Morgan fingerprint density at radius 3 is 2.48 bits per heavy atom. The van der Waals surface area contributed by atoms with Gasteiger partial charge in [0.2, 0.25) is 0 Å². The maximum absolute atomic E-state index is 13.2. The molecule has 27 heavy (non-hydrogen) atoms. The molecule has 0 amide bonds. The molecule has 4 rings (SSSR count). The van der Waals surface area contributed by atoms with Gasteiger partial charge in [0.15, 0.2) is 11.6 Å². The van der Waals surface area contributed by atoms with Crippen LogP contribution in [0.1, 0.15) is 36.3 Å². The molecule has 0 aliphatic carbocycles. The van der Waals surface area contributed by atoms with E-state index >= 15 is 0 Å². The first-order valence-corrected chi connectivity index (χ1v) is 9.15. The van der Waals surface area contributed by atoms with E-state index in [4.69, 9.17) is 9.47 Å². The van der Waals surface area contributed by atoms with Crippen LogP contribution in [0.2, 0.25) is 0 Å². The summed E-state index contributed by atoms with van der Waals surface area (Å²) in [5, 5.41) is 3.39. The van der Waals surface area contributed by atoms with Crippen LogP contribution < -0.4 is 10.1 Å². The van der Waals surface area contributed by atoms with Gasteiger partial charge < -0.3 is 14.8 Å². The van der Waals surface area contributed by atoms with Crippen LogP contribution in [0.5, 0.6) is 5.75 Å². The van der Waals surface area contributed by atoms with Crippen molar-refractivity contribution in [2.75, 3.05) is 19.7 Å². The highest BCUT2D eigenvalue weighted by molar-refractivity contribution is 5.85. The molecule has 146 valence electrons. The fraction of sp³-hybridized carbons (Fsp3) is 0.429. The number of piperidine rings is 1. The molecule has 0 bridgehead atoms. The van der Waals surface area contributed by atoms with Gasteiger partial charge in [-0.3, -0.25) is 0 Å². The van der Waals surface area contributed by atoms with Crippen LogP contribution in [-0.4, -0.2) is 25.3 Å². The predicted octanol–water partition coefficient (Wildman–Crippen LogP) is 4.59. The Hall–Kier alpha value is -1.69. The van der Waals surface area contributed by atoms with Gasteiger partial charge in [-0.15, -0.1) is 12.4 Å². The van der Waals surface area contributed by atoms with Crippen LogP contribution in [0.4, 0.5) is 8.78 Å². The first-order chi connectivity index (χ1) is 12.6. The number of rotatable bonds is 4. The summed E-state index contributed by atoms with van der Waals surface area (Å²) >= 11 is 0. The molecule has 6 heteroatoms. The van der Waals surface area contributed by atoms with Crippen molar-refractivity contribution in [2.45, 2.75) is 37.4 Å². The zero-order valence-electron chi connectivity index (χ0n) is 15.0. The number of nitrogens with one attached hydrogen (secondary N) is 1. The summed E-state index contributed by atoms with van der Waals surface area (Å²) in [5.41, 5.74) is 1.92.